The number of ether oxygens (including phenoxy) is 1. The number of amides is 1. The van der Waals surface area contributed by atoms with Gasteiger partial charge in [-0.05, 0) is 50.9 Å². The summed E-state index contributed by atoms with van der Waals surface area (Å²) in [6, 6.07) is 6.03. The van der Waals surface area contributed by atoms with Crippen LogP contribution in [0.2, 0.25) is 0 Å². The van der Waals surface area contributed by atoms with E-state index in [4.69, 9.17) is 0 Å². The second-order valence-electron chi connectivity index (χ2n) is 7.28. The molecule has 2 aromatic rings. The molecule has 7 nitrogen and oxygen atoms in total. The van der Waals surface area contributed by atoms with Crippen molar-refractivity contribution in [2.75, 3.05) is 26.2 Å². The van der Waals surface area contributed by atoms with Crippen molar-refractivity contribution in [2.24, 2.45) is 0 Å². The molecule has 0 N–H and O–H groups in total. The Morgan fingerprint density at radius 1 is 1.23 bits per heavy atom. The van der Waals surface area contributed by atoms with Crippen LogP contribution in [0.15, 0.2) is 30.5 Å². The molecular formula is C20H26F3N5O2. The maximum absolute atomic E-state index is 12.4. The Balaban J connectivity index is 1.60. The highest BCUT2D eigenvalue weighted by atomic mass is 19.4. The first kappa shape index (κ1) is 22.1. The van der Waals surface area contributed by atoms with Gasteiger partial charge in [0.05, 0.1) is 12.2 Å². The molecule has 10 heteroatoms. The van der Waals surface area contributed by atoms with Gasteiger partial charge in [-0.1, -0.05) is 17.3 Å². The Kier molecular flexibility index (Phi) is 6.96. The standard InChI is InChI=1S/C20H26F3N5O2/c1-3-27(4-2)19(29)18-14-28(25-24-18)16-6-5-11-26(13-16)12-15-7-9-17(10-8-15)30-20(21,22)23/h7-10,14,16H,3-6,11-13H2,1-2H3. The first-order valence-electron chi connectivity index (χ1n) is 10.1. The summed E-state index contributed by atoms with van der Waals surface area (Å²) in [5, 5.41) is 8.22. The van der Waals surface area contributed by atoms with Crippen molar-refractivity contribution in [1.29, 1.82) is 0 Å². The number of likely N-dealkylation sites (tertiary alicyclic amines) is 1. The largest absolute Gasteiger partial charge is 0.573 e. The number of hydrogen-bond donors (Lipinski definition) is 0. The minimum Gasteiger partial charge on any atom is -0.406 e. The van der Waals surface area contributed by atoms with E-state index in [-0.39, 0.29) is 17.7 Å². The van der Waals surface area contributed by atoms with Gasteiger partial charge in [-0.3, -0.25) is 9.69 Å². The first-order valence-corrected chi connectivity index (χ1v) is 10.1. The van der Waals surface area contributed by atoms with Crippen molar-refractivity contribution in [3.63, 3.8) is 0 Å². The van der Waals surface area contributed by atoms with Crippen molar-refractivity contribution in [1.82, 2.24) is 24.8 Å². The molecule has 30 heavy (non-hydrogen) atoms. The SMILES string of the molecule is CCN(CC)C(=O)c1cn(C2CCCN(Cc3ccc(OC(F)(F)F)cc3)C2)nn1. The predicted octanol–water partition coefficient (Wildman–Crippen LogP) is 3.50. The van der Waals surface area contributed by atoms with Gasteiger partial charge in [0.1, 0.15) is 5.75 Å². The molecule has 0 radical (unpaired) electrons. The van der Waals surface area contributed by atoms with Crippen LogP contribution < -0.4 is 4.74 Å². The fourth-order valence-corrected chi connectivity index (χ4v) is 3.67. The van der Waals surface area contributed by atoms with E-state index >= 15 is 0 Å². The number of aromatic nitrogens is 3. The van der Waals surface area contributed by atoms with Gasteiger partial charge < -0.3 is 9.64 Å². The van der Waals surface area contributed by atoms with E-state index in [0.717, 1.165) is 31.5 Å². The third-order valence-corrected chi connectivity index (χ3v) is 5.20. The highest BCUT2D eigenvalue weighted by molar-refractivity contribution is 5.91. The van der Waals surface area contributed by atoms with Gasteiger partial charge in [0.2, 0.25) is 0 Å². The van der Waals surface area contributed by atoms with Crippen LogP contribution in [-0.2, 0) is 6.54 Å². The number of carbonyl (C=O) groups excluding carboxylic acids is 1. The fraction of sp³-hybridized carbons (Fsp3) is 0.550. The Bertz CT molecular complexity index is 834. The molecule has 1 unspecified atom stereocenters. The number of benzene rings is 1. The highest BCUT2D eigenvalue weighted by Gasteiger charge is 2.31. The van der Waals surface area contributed by atoms with Crippen LogP contribution in [0.5, 0.6) is 5.75 Å². The van der Waals surface area contributed by atoms with E-state index in [1.165, 1.54) is 12.1 Å². The quantitative estimate of drug-likeness (QED) is 0.680. The maximum atomic E-state index is 12.4. The molecule has 0 bridgehead atoms. The zero-order valence-electron chi connectivity index (χ0n) is 17.1. The molecule has 2 heterocycles. The number of halogens is 3. The Labute approximate surface area is 173 Å². The van der Waals surface area contributed by atoms with Crippen molar-refractivity contribution in [2.45, 2.75) is 45.6 Å². The number of piperidine rings is 1. The summed E-state index contributed by atoms with van der Waals surface area (Å²) in [5.41, 5.74) is 1.25. The van der Waals surface area contributed by atoms with Crippen molar-refractivity contribution >= 4 is 5.91 Å². The third-order valence-electron chi connectivity index (χ3n) is 5.20. The molecule has 1 aliphatic heterocycles. The van der Waals surface area contributed by atoms with Crippen LogP contribution in [0.1, 0.15) is 48.8 Å². The summed E-state index contributed by atoms with van der Waals surface area (Å²) in [6.07, 6.45) is -1.10. The molecular weight excluding hydrogens is 399 g/mol. The maximum Gasteiger partial charge on any atom is 0.573 e. The number of alkyl halides is 3. The molecule has 0 aliphatic carbocycles. The van der Waals surface area contributed by atoms with E-state index in [1.807, 2.05) is 13.8 Å². The van der Waals surface area contributed by atoms with Crippen LogP contribution in [0.25, 0.3) is 0 Å². The number of carbonyl (C=O) groups is 1. The van der Waals surface area contributed by atoms with E-state index in [1.54, 1.807) is 27.9 Å². The van der Waals surface area contributed by atoms with Gasteiger partial charge in [-0.25, -0.2) is 4.68 Å². The molecule has 1 fully saturated rings. The van der Waals surface area contributed by atoms with Gasteiger partial charge in [0.15, 0.2) is 5.69 Å². The minimum absolute atomic E-state index is 0.0948. The summed E-state index contributed by atoms with van der Waals surface area (Å²) >= 11 is 0. The van der Waals surface area contributed by atoms with Gasteiger partial charge in [0.25, 0.3) is 5.91 Å². The third kappa shape index (κ3) is 5.71. The lowest BCUT2D eigenvalue weighted by atomic mass is 10.0. The lowest BCUT2D eigenvalue weighted by Crippen LogP contribution is -2.36. The van der Waals surface area contributed by atoms with Crippen molar-refractivity contribution < 1.29 is 22.7 Å². The molecule has 1 aromatic heterocycles. The van der Waals surface area contributed by atoms with E-state index in [2.05, 4.69) is 19.9 Å². The van der Waals surface area contributed by atoms with Crippen molar-refractivity contribution in [3.05, 3.63) is 41.7 Å². The molecule has 3 rings (SSSR count). The van der Waals surface area contributed by atoms with Gasteiger partial charge >= 0.3 is 6.36 Å². The molecule has 0 saturated carbocycles. The number of nitrogens with zero attached hydrogens (tertiary/aromatic N) is 5. The van der Waals surface area contributed by atoms with Crippen LogP contribution in [0.3, 0.4) is 0 Å². The van der Waals surface area contributed by atoms with Gasteiger partial charge in [-0.2, -0.15) is 0 Å². The zero-order chi connectivity index (χ0) is 21.7. The molecule has 1 saturated heterocycles. The molecule has 1 atom stereocenters. The van der Waals surface area contributed by atoms with Crippen molar-refractivity contribution in [3.8, 4) is 5.75 Å². The Morgan fingerprint density at radius 2 is 1.93 bits per heavy atom. The Morgan fingerprint density at radius 3 is 2.57 bits per heavy atom. The fourth-order valence-electron chi connectivity index (χ4n) is 3.67. The van der Waals surface area contributed by atoms with Crippen LogP contribution in [0, 0.1) is 0 Å². The average molecular weight is 425 g/mol. The molecule has 164 valence electrons. The highest BCUT2D eigenvalue weighted by Crippen LogP contribution is 2.25. The second kappa shape index (κ2) is 9.46. The summed E-state index contributed by atoms with van der Waals surface area (Å²) in [4.78, 5) is 16.4. The zero-order valence-corrected chi connectivity index (χ0v) is 17.1. The summed E-state index contributed by atoms with van der Waals surface area (Å²) in [6.45, 7) is 7.31. The predicted molar refractivity (Wildman–Crippen MR) is 104 cm³/mol. The van der Waals surface area contributed by atoms with Gasteiger partial charge in [0, 0.05) is 26.2 Å². The summed E-state index contributed by atoms with van der Waals surface area (Å²) in [7, 11) is 0. The number of rotatable bonds is 7. The molecule has 1 amide bonds. The topological polar surface area (TPSA) is 63.5 Å². The van der Waals surface area contributed by atoms with E-state index in [0.29, 0.717) is 25.3 Å². The lowest BCUT2D eigenvalue weighted by Gasteiger charge is -2.32. The lowest BCUT2D eigenvalue weighted by molar-refractivity contribution is -0.274. The molecule has 1 aromatic carbocycles. The first-order chi connectivity index (χ1) is 14.3. The van der Waals surface area contributed by atoms with Crippen LogP contribution in [-0.4, -0.2) is 63.2 Å². The Hall–Kier alpha value is -2.62. The van der Waals surface area contributed by atoms with E-state index < -0.39 is 6.36 Å². The molecule has 1 aliphatic rings. The normalized spacial score (nSPS) is 17.7. The van der Waals surface area contributed by atoms with Gasteiger partial charge in [-0.15, -0.1) is 18.3 Å². The molecule has 0 spiro atoms. The average Bonchev–Trinajstić information content (AvgIpc) is 3.20. The second-order valence-corrected chi connectivity index (χ2v) is 7.28. The summed E-state index contributed by atoms with van der Waals surface area (Å²) in [5.74, 6) is -0.351. The van der Waals surface area contributed by atoms with Crippen LogP contribution in [0.4, 0.5) is 13.2 Å². The minimum atomic E-state index is -4.69. The van der Waals surface area contributed by atoms with Crippen LogP contribution >= 0.6 is 0 Å². The smallest absolute Gasteiger partial charge is 0.406 e. The monoisotopic (exact) mass is 425 g/mol. The number of hydrogen-bond acceptors (Lipinski definition) is 5. The van der Waals surface area contributed by atoms with E-state index in [9.17, 15) is 18.0 Å². The summed E-state index contributed by atoms with van der Waals surface area (Å²) < 4.78 is 42.5.